The van der Waals surface area contributed by atoms with Crippen LogP contribution in [0.15, 0.2) is 30.5 Å². The van der Waals surface area contributed by atoms with Gasteiger partial charge in [0.15, 0.2) is 11.9 Å². The lowest BCUT2D eigenvalue weighted by atomic mass is 10.0. The lowest BCUT2D eigenvalue weighted by molar-refractivity contribution is -0.146. The molecular weight excluding hydrogens is 368 g/mol. The molecule has 0 amide bonds. The van der Waals surface area contributed by atoms with Crippen molar-refractivity contribution in [3.63, 3.8) is 0 Å². The van der Waals surface area contributed by atoms with Crippen molar-refractivity contribution in [1.82, 2.24) is 9.97 Å². The van der Waals surface area contributed by atoms with E-state index in [4.69, 9.17) is 4.74 Å². The molecular formula is C23H26N2O4. The van der Waals surface area contributed by atoms with Crippen molar-refractivity contribution in [2.75, 3.05) is 0 Å². The van der Waals surface area contributed by atoms with Crippen molar-refractivity contribution in [2.45, 2.75) is 53.1 Å². The van der Waals surface area contributed by atoms with Crippen LogP contribution in [0.5, 0.6) is 0 Å². The summed E-state index contributed by atoms with van der Waals surface area (Å²) in [6.07, 6.45) is 2.67. The van der Waals surface area contributed by atoms with Gasteiger partial charge in [-0.25, -0.2) is 0 Å². The van der Waals surface area contributed by atoms with Crippen LogP contribution in [0, 0.1) is 13.8 Å². The molecule has 0 aliphatic carbocycles. The van der Waals surface area contributed by atoms with Gasteiger partial charge in [-0.05, 0) is 57.7 Å². The molecule has 0 aliphatic heterocycles. The molecule has 6 heteroatoms. The summed E-state index contributed by atoms with van der Waals surface area (Å²) in [5.41, 5.74) is 4.33. The second-order valence-corrected chi connectivity index (χ2v) is 7.39. The van der Waals surface area contributed by atoms with Crippen molar-refractivity contribution in [1.29, 1.82) is 0 Å². The molecule has 0 saturated carbocycles. The van der Waals surface area contributed by atoms with Gasteiger partial charge >= 0.3 is 5.97 Å². The maximum atomic E-state index is 12.7. The summed E-state index contributed by atoms with van der Waals surface area (Å²) in [5, 5.41) is 1.16. The zero-order valence-electron chi connectivity index (χ0n) is 17.2. The molecule has 0 fully saturated rings. The molecule has 2 N–H and O–H groups in total. The summed E-state index contributed by atoms with van der Waals surface area (Å²) in [4.78, 5) is 42.8. The topological polar surface area (TPSA) is 92.0 Å². The van der Waals surface area contributed by atoms with Crippen molar-refractivity contribution in [2.24, 2.45) is 0 Å². The number of fused-ring (bicyclic) bond motifs is 1. The summed E-state index contributed by atoms with van der Waals surface area (Å²) in [5.74, 6) is -0.835. The number of aryl methyl sites for hydroxylation is 2. The van der Waals surface area contributed by atoms with Gasteiger partial charge in [0.25, 0.3) is 0 Å². The van der Waals surface area contributed by atoms with Gasteiger partial charge in [0.1, 0.15) is 0 Å². The van der Waals surface area contributed by atoms with Gasteiger partial charge in [0, 0.05) is 34.8 Å². The lowest BCUT2D eigenvalue weighted by Gasteiger charge is -2.12. The smallest absolute Gasteiger partial charge is 0.306 e. The molecule has 0 bridgehead atoms. The predicted molar refractivity (Wildman–Crippen MR) is 111 cm³/mol. The van der Waals surface area contributed by atoms with E-state index >= 15 is 0 Å². The molecule has 0 aliphatic rings. The van der Waals surface area contributed by atoms with E-state index in [1.807, 2.05) is 24.4 Å². The molecule has 29 heavy (non-hydrogen) atoms. The van der Waals surface area contributed by atoms with Crippen LogP contribution < -0.4 is 0 Å². The molecule has 3 aromatic rings. The van der Waals surface area contributed by atoms with Crippen LogP contribution in [0.3, 0.4) is 0 Å². The van der Waals surface area contributed by atoms with Crippen LogP contribution in [0.4, 0.5) is 0 Å². The average Bonchev–Trinajstić information content (AvgIpc) is 3.21. The van der Waals surface area contributed by atoms with E-state index in [0.717, 1.165) is 22.9 Å². The summed E-state index contributed by atoms with van der Waals surface area (Å²) in [6, 6.07) is 8.03. The van der Waals surface area contributed by atoms with Crippen LogP contribution in [0.25, 0.3) is 10.9 Å². The Morgan fingerprint density at radius 2 is 1.86 bits per heavy atom. The number of ether oxygens (including phenoxy) is 1. The zero-order valence-corrected chi connectivity index (χ0v) is 17.2. The molecule has 0 saturated heterocycles. The summed E-state index contributed by atoms with van der Waals surface area (Å²) < 4.78 is 5.34. The predicted octanol–water partition coefficient (Wildman–Crippen LogP) is 4.45. The van der Waals surface area contributed by atoms with Crippen molar-refractivity contribution < 1.29 is 19.1 Å². The van der Waals surface area contributed by atoms with E-state index in [1.165, 1.54) is 6.92 Å². The molecule has 3 rings (SSSR count). The number of H-pyrrole nitrogens is 2. The lowest BCUT2D eigenvalue weighted by Crippen LogP contribution is -2.25. The highest BCUT2D eigenvalue weighted by molar-refractivity contribution is 6.05. The minimum Gasteiger partial charge on any atom is -0.454 e. The monoisotopic (exact) mass is 394 g/mol. The van der Waals surface area contributed by atoms with Crippen molar-refractivity contribution in [3.05, 3.63) is 58.5 Å². The highest BCUT2D eigenvalue weighted by Gasteiger charge is 2.25. The maximum Gasteiger partial charge on any atom is 0.306 e. The van der Waals surface area contributed by atoms with E-state index in [-0.39, 0.29) is 18.0 Å². The van der Waals surface area contributed by atoms with E-state index in [2.05, 4.69) is 16.0 Å². The first-order chi connectivity index (χ1) is 13.8. The van der Waals surface area contributed by atoms with Gasteiger partial charge in [-0.15, -0.1) is 0 Å². The molecule has 1 atom stereocenters. The Labute approximate surface area is 169 Å². The van der Waals surface area contributed by atoms with Crippen LogP contribution in [0.2, 0.25) is 0 Å². The molecule has 0 spiro atoms. The Morgan fingerprint density at radius 1 is 1.14 bits per heavy atom. The van der Waals surface area contributed by atoms with Crippen molar-refractivity contribution >= 4 is 28.4 Å². The Hall–Kier alpha value is -3.15. The number of aromatic amines is 2. The molecule has 1 aromatic carbocycles. The third kappa shape index (κ3) is 4.31. The average molecular weight is 394 g/mol. The van der Waals surface area contributed by atoms with E-state index in [0.29, 0.717) is 28.9 Å². The number of rotatable bonds is 8. The first-order valence-electron chi connectivity index (χ1n) is 9.78. The van der Waals surface area contributed by atoms with Crippen LogP contribution >= 0.6 is 0 Å². The van der Waals surface area contributed by atoms with Crippen LogP contribution in [-0.4, -0.2) is 33.6 Å². The number of ketones is 2. The number of esters is 1. The number of nitrogens with one attached hydrogen (secondary N) is 2. The third-order valence-electron chi connectivity index (χ3n) is 5.22. The van der Waals surface area contributed by atoms with Gasteiger partial charge in [0.05, 0.1) is 5.69 Å². The second-order valence-electron chi connectivity index (χ2n) is 7.39. The summed E-state index contributed by atoms with van der Waals surface area (Å²) in [7, 11) is 0. The zero-order chi connectivity index (χ0) is 21.1. The fraction of sp³-hybridized carbons (Fsp3) is 0.348. The molecule has 152 valence electrons. The Balaban J connectivity index is 1.56. The number of Topliss-reactive ketones (excluding diaryl/α,β-unsaturated/α-hetero) is 2. The molecule has 2 aromatic heterocycles. The largest absolute Gasteiger partial charge is 0.454 e. The number of hydrogen-bond donors (Lipinski definition) is 2. The van der Waals surface area contributed by atoms with Gasteiger partial charge < -0.3 is 14.7 Å². The quantitative estimate of drug-likeness (QED) is 0.436. The fourth-order valence-corrected chi connectivity index (χ4v) is 3.80. The number of carbonyl (C=O) groups is 3. The Morgan fingerprint density at radius 3 is 2.55 bits per heavy atom. The number of benzene rings is 1. The van der Waals surface area contributed by atoms with Gasteiger partial charge in [-0.3, -0.25) is 14.4 Å². The molecule has 2 heterocycles. The molecule has 6 nitrogen and oxygen atoms in total. The van der Waals surface area contributed by atoms with Gasteiger partial charge in [-0.1, -0.05) is 18.2 Å². The van der Waals surface area contributed by atoms with Gasteiger partial charge in [0.2, 0.25) is 5.78 Å². The van der Waals surface area contributed by atoms with Gasteiger partial charge in [-0.2, -0.15) is 0 Å². The first-order valence-corrected chi connectivity index (χ1v) is 9.78. The summed E-state index contributed by atoms with van der Waals surface area (Å²) in [6.45, 7) is 6.50. The molecule has 0 unspecified atom stereocenters. The Kier molecular flexibility index (Phi) is 6.01. The summed E-state index contributed by atoms with van der Waals surface area (Å²) >= 11 is 0. The number of carbonyl (C=O) groups excluding carboxylic acids is 3. The van der Waals surface area contributed by atoms with Crippen LogP contribution in [0.1, 0.15) is 64.4 Å². The number of para-hydroxylation sites is 1. The molecule has 0 radical (unpaired) electrons. The van der Waals surface area contributed by atoms with Crippen LogP contribution in [-0.2, 0) is 16.0 Å². The standard InChI is InChI=1S/C23H26N2O4/c1-13-21(15(3)26)14(2)25-22(13)23(28)16(4)29-20(27)11-7-8-17-12-24-19-10-6-5-9-18(17)19/h5-6,9-10,12,16,24-25H,7-8,11H2,1-4H3/t16-/m0/s1. The Bertz CT molecular complexity index is 1070. The third-order valence-corrected chi connectivity index (χ3v) is 5.22. The van der Waals surface area contributed by atoms with Crippen molar-refractivity contribution in [3.8, 4) is 0 Å². The highest BCUT2D eigenvalue weighted by Crippen LogP contribution is 2.21. The minimum atomic E-state index is -0.910. The maximum absolute atomic E-state index is 12.7. The number of hydrogen-bond acceptors (Lipinski definition) is 4. The van der Waals surface area contributed by atoms with E-state index < -0.39 is 12.1 Å². The number of aromatic nitrogens is 2. The second kappa shape index (κ2) is 8.47. The first kappa shape index (κ1) is 20.6. The van der Waals surface area contributed by atoms with E-state index in [9.17, 15) is 14.4 Å². The minimum absolute atomic E-state index is 0.0998. The SMILES string of the molecule is CC(=O)c1c(C)[nH]c(C(=O)[C@H](C)OC(=O)CCCc2c[nH]c3ccccc23)c1C. The van der Waals surface area contributed by atoms with E-state index in [1.54, 1.807) is 20.8 Å². The fourth-order valence-electron chi connectivity index (χ4n) is 3.80. The highest BCUT2D eigenvalue weighted by atomic mass is 16.5. The normalized spacial score (nSPS) is 12.1.